The fraction of sp³-hybridized carbons (Fsp3) is 0.348. The third kappa shape index (κ3) is 7.99. The van der Waals surface area contributed by atoms with Gasteiger partial charge in [-0.1, -0.05) is 54.7 Å². The number of hydrogen-bond donors (Lipinski definition) is 2. The first-order valence-electron chi connectivity index (χ1n) is 10.4. The SMILES string of the molecule is CC(C)CCNNC(=O)c1ccc(C(F)=CC(c2cc(Cl)c(Cl)c(Cl)c2)C(F)(F)F)cc1C(F)(F)F. The number of hydrogen-bond acceptors (Lipinski definition) is 2. The average molecular weight is 580 g/mol. The monoisotopic (exact) mass is 578 g/mol. The Kier molecular flexibility index (Phi) is 10.1. The highest BCUT2D eigenvalue weighted by Crippen LogP contribution is 2.42. The quantitative estimate of drug-likeness (QED) is 0.142. The third-order valence-electron chi connectivity index (χ3n) is 4.92. The van der Waals surface area contributed by atoms with E-state index in [9.17, 15) is 35.5 Å². The normalized spacial score (nSPS) is 13.8. The van der Waals surface area contributed by atoms with Crippen molar-refractivity contribution in [2.24, 2.45) is 5.92 Å². The maximum absolute atomic E-state index is 14.9. The number of allylic oxidation sites excluding steroid dienone is 1. The Bertz CT molecular complexity index is 1110. The zero-order valence-corrected chi connectivity index (χ0v) is 21.0. The van der Waals surface area contributed by atoms with Crippen LogP contribution in [0.15, 0.2) is 36.4 Å². The average Bonchev–Trinajstić information content (AvgIpc) is 2.76. The molecule has 0 fully saturated rings. The Balaban J connectivity index is 2.46. The molecule has 2 aromatic rings. The van der Waals surface area contributed by atoms with Crippen LogP contribution in [0, 0.1) is 5.92 Å². The minimum atomic E-state index is -5.10. The molecule has 198 valence electrons. The van der Waals surface area contributed by atoms with Crippen molar-refractivity contribution in [2.75, 3.05) is 6.54 Å². The molecule has 0 aliphatic rings. The Hall–Kier alpha value is -2.01. The molecule has 2 N–H and O–H groups in total. The molecule has 1 amide bonds. The van der Waals surface area contributed by atoms with Gasteiger partial charge in [0.25, 0.3) is 5.91 Å². The van der Waals surface area contributed by atoms with Gasteiger partial charge in [-0.05, 0) is 48.2 Å². The van der Waals surface area contributed by atoms with Gasteiger partial charge >= 0.3 is 12.4 Å². The van der Waals surface area contributed by atoms with Crippen LogP contribution >= 0.6 is 34.8 Å². The van der Waals surface area contributed by atoms with Gasteiger partial charge in [-0.2, -0.15) is 26.3 Å². The number of hydrazine groups is 1. The molecule has 0 bridgehead atoms. The molecule has 1 atom stereocenters. The van der Waals surface area contributed by atoms with E-state index in [1.807, 2.05) is 13.8 Å². The molecule has 3 nitrogen and oxygen atoms in total. The summed E-state index contributed by atoms with van der Waals surface area (Å²) >= 11 is 17.3. The second-order valence-corrected chi connectivity index (χ2v) is 9.35. The van der Waals surface area contributed by atoms with Gasteiger partial charge in [0.1, 0.15) is 11.7 Å². The lowest BCUT2D eigenvalue weighted by atomic mass is 9.95. The molecule has 0 spiro atoms. The molecule has 0 aliphatic heterocycles. The molecular formula is C23H20Cl3F7N2O. The largest absolute Gasteiger partial charge is 0.417 e. The maximum Gasteiger partial charge on any atom is 0.417 e. The van der Waals surface area contributed by atoms with Gasteiger partial charge in [0, 0.05) is 12.1 Å². The summed E-state index contributed by atoms with van der Waals surface area (Å²) in [5.41, 5.74) is 0.879. The predicted octanol–water partition coefficient (Wildman–Crippen LogP) is 8.60. The lowest BCUT2D eigenvalue weighted by molar-refractivity contribution is -0.140. The van der Waals surface area contributed by atoms with Gasteiger partial charge < -0.3 is 0 Å². The lowest BCUT2D eigenvalue weighted by Crippen LogP contribution is -2.39. The number of rotatable bonds is 8. The zero-order chi connectivity index (χ0) is 27.4. The Labute approximate surface area is 217 Å². The highest BCUT2D eigenvalue weighted by Gasteiger charge is 2.41. The number of amides is 1. The van der Waals surface area contributed by atoms with Crippen LogP contribution in [-0.2, 0) is 6.18 Å². The summed E-state index contributed by atoms with van der Waals surface area (Å²) in [5.74, 6) is -5.07. The third-order valence-corrected chi connectivity index (χ3v) is 6.12. The zero-order valence-electron chi connectivity index (χ0n) is 18.7. The van der Waals surface area contributed by atoms with Crippen LogP contribution in [0.1, 0.15) is 53.2 Å². The Morgan fingerprint density at radius 1 is 1.00 bits per heavy atom. The molecule has 1 unspecified atom stereocenters. The van der Waals surface area contributed by atoms with Crippen molar-refractivity contribution in [1.82, 2.24) is 10.9 Å². The Morgan fingerprint density at radius 3 is 2.08 bits per heavy atom. The summed E-state index contributed by atoms with van der Waals surface area (Å²) in [6.07, 6.45) is -9.42. The summed E-state index contributed by atoms with van der Waals surface area (Å²) in [4.78, 5) is 12.3. The highest BCUT2D eigenvalue weighted by atomic mass is 35.5. The summed E-state index contributed by atoms with van der Waals surface area (Å²) in [6, 6.07) is 3.39. The molecular weight excluding hydrogens is 560 g/mol. The smallest absolute Gasteiger partial charge is 0.287 e. The number of alkyl halides is 6. The minimum absolute atomic E-state index is 0.0958. The van der Waals surface area contributed by atoms with E-state index in [1.165, 1.54) is 0 Å². The fourth-order valence-electron chi connectivity index (χ4n) is 3.07. The van der Waals surface area contributed by atoms with E-state index in [0.29, 0.717) is 12.5 Å². The van der Waals surface area contributed by atoms with Crippen LogP contribution in [0.2, 0.25) is 15.1 Å². The van der Waals surface area contributed by atoms with Crippen LogP contribution in [-0.4, -0.2) is 18.6 Å². The van der Waals surface area contributed by atoms with Crippen molar-refractivity contribution in [2.45, 2.75) is 38.5 Å². The second kappa shape index (κ2) is 12.0. The van der Waals surface area contributed by atoms with Crippen molar-refractivity contribution >= 4 is 46.5 Å². The van der Waals surface area contributed by atoms with Crippen molar-refractivity contribution in [3.05, 3.63) is 73.7 Å². The molecule has 0 aromatic heterocycles. The Morgan fingerprint density at radius 2 is 1.58 bits per heavy atom. The van der Waals surface area contributed by atoms with Crippen LogP contribution in [0.5, 0.6) is 0 Å². The van der Waals surface area contributed by atoms with E-state index in [0.717, 1.165) is 18.2 Å². The predicted molar refractivity (Wildman–Crippen MR) is 126 cm³/mol. The number of nitrogens with one attached hydrogen (secondary N) is 2. The highest BCUT2D eigenvalue weighted by molar-refractivity contribution is 6.48. The van der Waals surface area contributed by atoms with E-state index in [4.69, 9.17) is 34.8 Å². The van der Waals surface area contributed by atoms with E-state index >= 15 is 0 Å². The molecule has 0 aliphatic carbocycles. The standard InChI is InChI=1S/C23H20Cl3F7N2O/c1-11(2)5-6-34-35-21(36)14-4-3-12(7-16(14)23(31,32)33)19(27)10-15(22(28,29)30)13-8-17(24)20(26)18(25)9-13/h3-4,7-11,15,34H,5-6H2,1-2H3,(H,35,36). The molecule has 2 rings (SSSR count). The summed E-state index contributed by atoms with van der Waals surface area (Å²) < 4.78 is 96.9. The van der Waals surface area contributed by atoms with Crippen molar-refractivity contribution in [3.63, 3.8) is 0 Å². The number of benzene rings is 2. The van der Waals surface area contributed by atoms with E-state index in [-0.39, 0.29) is 39.7 Å². The fourth-order valence-corrected chi connectivity index (χ4v) is 3.69. The lowest BCUT2D eigenvalue weighted by Gasteiger charge is -2.19. The first kappa shape index (κ1) is 30.2. The van der Waals surface area contributed by atoms with Crippen LogP contribution in [0.4, 0.5) is 30.7 Å². The van der Waals surface area contributed by atoms with Crippen LogP contribution < -0.4 is 10.9 Å². The van der Waals surface area contributed by atoms with Crippen LogP contribution in [0.25, 0.3) is 5.83 Å². The number of halogens is 10. The molecule has 2 aromatic carbocycles. The molecule has 0 saturated heterocycles. The molecule has 0 saturated carbocycles. The molecule has 0 heterocycles. The summed E-state index contributed by atoms with van der Waals surface area (Å²) in [6.45, 7) is 4.11. The first-order valence-corrected chi connectivity index (χ1v) is 11.5. The van der Waals surface area contributed by atoms with E-state index < -0.39 is 52.3 Å². The van der Waals surface area contributed by atoms with Gasteiger partial charge in [0.15, 0.2) is 0 Å². The minimum Gasteiger partial charge on any atom is -0.287 e. The van der Waals surface area contributed by atoms with Crippen molar-refractivity contribution in [3.8, 4) is 0 Å². The summed E-state index contributed by atoms with van der Waals surface area (Å²) in [7, 11) is 0. The van der Waals surface area contributed by atoms with Gasteiger partial charge in [-0.3, -0.25) is 10.2 Å². The van der Waals surface area contributed by atoms with E-state index in [2.05, 4.69) is 10.9 Å². The van der Waals surface area contributed by atoms with Crippen molar-refractivity contribution in [1.29, 1.82) is 0 Å². The van der Waals surface area contributed by atoms with Gasteiger partial charge in [0.2, 0.25) is 0 Å². The number of carbonyl (C=O) groups is 1. The van der Waals surface area contributed by atoms with Crippen LogP contribution in [0.3, 0.4) is 0 Å². The van der Waals surface area contributed by atoms with Gasteiger partial charge in [-0.15, -0.1) is 0 Å². The van der Waals surface area contributed by atoms with Gasteiger partial charge in [0.05, 0.1) is 26.2 Å². The second-order valence-electron chi connectivity index (χ2n) is 8.15. The maximum atomic E-state index is 14.9. The van der Waals surface area contributed by atoms with Crippen molar-refractivity contribution < 1.29 is 35.5 Å². The molecule has 13 heteroatoms. The topological polar surface area (TPSA) is 41.1 Å². The summed E-state index contributed by atoms with van der Waals surface area (Å²) in [5, 5.41) is -0.854. The first-order chi connectivity index (χ1) is 16.5. The number of carbonyl (C=O) groups excluding carboxylic acids is 1. The molecule has 36 heavy (non-hydrogen) atoms. The van der Waals surface area contributed by atoms with E-state index in [1.54, 1.807) is 0 Å². The van der Waals surface area contributed by atoms with Gasteiger partial charge in [-0.25, -0.2) is 9.82 Å². The molecule has 0 radical (unpaired) electrons.